The van der Waals surface area contributed by atoms with Crippen LogP contribution in [0.3, 0.4) is 0 Å². The van der Waals surface area contributed by atoms with Crippen molar-refractivity contribution in [3.63, 3.8) is 0 Å². The first-order valence-corrected chi connectivity index (χ1v) is 22.0. The van der Waals surface area contributed by atoms with Gasteiger partial charge in [-0.15, -0.1) is 0 Å². The van der Waals surface area contributed by atoms with Crippen molar-refractivity contribution < 1.29 is 47.0 Å². The minimum Gasteiger partial charge on any atom is -0.466 e. The molecule has 4 N–H and O–H groups in total. The van der Waals surface area contributed by atoms with E-state index in [0.717, 1.165) is 34.6 Å². The van der Waals surface area contributed by atoms with Gasteiger partial charge < -0.3 is 40.5 Å². The number of carbonyl (C=O) groups is 6. The fourth-order valence-electron chi connectivity index (χ4n) is 8.35. The van der Waals surface area contributed by atoms with Crippen molar-refractivity contribution in [2.24, 2.45) is 0 Å². The minimum absolute atomic E-state index is 0.0242. The van der Waals surface area contributed by atoms with Gasteiger partial charge in [-0.3, -0.25) is 28.8 Å². The highest BCUT2D eigenvalue weighted by Crippen LogP contribution is 2.39. The normalized spacial score (nSPS) is 19.9. The van der Waals surface area contributed by atoms with E-state index in [1.165, 1.54) is 37.7 Å². The predicted molar refractivity (Wildman–Crippen MR) is 250 cm³/mol. The molecule has 0 saturated heterocycles. The van der Waals surface area contributed by atoms with Crippen molar-refractivity contribution in [1.29, 1.82) is 0 Å². The summed E-state index contributed by atoms with van der Waals surface area (Å²) in [6.07, 6.45) is 3.05. The largest absolute Gasteiger partial charge is 0.466 e. The van der Waals surface area contributed by atoms with Crippen LogP contribution in [0.15, 0.2) is 97.3 Å². The second-order valence-electron chi connectivity index (χ2n) is 17.6. The third-order valence-corrected chi connectivity index (χ3v) is 11.9. The number of halogens is 2. The highest BCUT2D eigenvalue weighted by Gasteiger charge is 2.50. The molecule has 0 unspecified atom stereocenters. The average molecular weight is 951 g/mol. The molecule has 6 aromatic rings. The first kappa shape index (κ1) is 46.4. The number of aromatic nitrogens is 4. The van der Waals surface area contributed by atoms with Crippen LogP contribution in [0.1, 0.15) is 47.8 Å². The molecular weight excluding hydrogens is 907 g/mol. The molecule has 0 fully saturated rings. The molecule has 8 aliphatic rings. The molecule has 0 aliphatic carbocycles. The Balaban J connectivity index is 0.000000174. The van der Waals surface area contributed by atoms with Crippen LogP contribution in [0.4, 0.5) is 43.2 Å². The number of hydrogen-bond donors (Lipinski definition) is 4. The first-order chi connectivity index (χ1) is 33.4. The number of fused-ring (bicyclic) bond motifs is 4. The maximum absolute atomic E-state index is 14.5. The minimum atomic E-state index is -1.85. The van der Waals surface area contributed by atoms with E-state index < -0.39 is 46.5 Å². The molecule has 18 nitrogen and oxygen atoms in total. The molecule has 4 amide bonds. The third-order valence-electron chi connectivity index (χ3n) is 11.9. The molecule has 14 rings (SSSR count). The monoisotopic (exact) mass is 950 g/mol. The number of nitrogens with one attached hydrogen (secondary N) is 4. The Morgan fingerprint density at radius 2 is 0.914 bits per heavy atom. The number of rotatable bonds is 0. The quantitative estimate of drug-likeness (QED) is 0.143. The smallest absolute Gasteiger partial charge is 0.278 e. The van der Waals surface area contributed by atoms with E-state index in [2.05, 4.69) is 41.2 Å². The highest BCUT2D eigenvalue weighted by atomic mass is 19.1. The summed E-state index contributed by atoms with van der Waals surface area (Å²) in [5.74, 6) is -3.04. The second kappa shape index (κ2) is 18.4. The van der Waals surface area contributed by atoms with E-state index in [1.807, 2.05) is 48.5 Å². The number of Topliss-reactive ketones (excluding diaryl/α,β-unsaturated/α-hetero) is 2. The number of ketones is 2. The first-order valence-electron chi connectivity index (χ1n) is 22.0. The SMILES string of the molecule is CN1CC(=O)Cc2cccc(c2)Cc2ncc(F)c(n2)Nc2ccc3c(c2)NC(=O)[C@@](C)(O3)C1=O.CN1CC(=O)Cc2cccc(c2)Cc2ncc(F)c(n2)Nc2ccc3c(c2)NC(=O)[C@](C)(O3)C1=O. The maximum atomic E-state index is 14.5. The Hall–Kier alpha value is -8.68. The Morgan fingerprint density at radius 3 is 1.31 bits per heavy atom. The van der Waals surface area contributed by atoms with Gasteiger partial charge in [-0.05, 0) is 72.5 Å². The van der Waals surface area contributed by atoms with Crippen molar-refractivity contribution in [2.75, 3.05) is 48.5 Å². The third kappa shape index (κ3) is 9.55. The molecule has 20 heteroatoms. The van der Waals surface area contributed by atoms with Crippen LogP contribution in [0, 0.1) is 11.6 Å². The van der Waals surface area contributed by atoms with Crippen molar-refractivity contribution in [3.8, 4) is 11.5 Å². The van der Waals surface area contributed by atoms with E-state index in [0.29, 0.717) is 47.2 Å². The summed E-state index contributed by atoms with van der Waals surface area (Å²) < 4.78 is 40.6. The van der Waals surface area contributed by atoms with Crippen LogP contribution in [0.25, 0.3) is 0 Å². The van der Waals surface area contributed by atoms with Gasteiger partial charge in [0.1, 0.15) is 23.1 Å². The molecule has 8 aliphatic heterocycles. The highest BCUT2D eigenvalue weighted by molar-refractivity contribution is 6.17. The van der Waals surface area contributed by atoms with Crippen LogP contribution in [0.2, 0.25) is 0 Å². The molecule has 0 radical (unpaired) electrons. The lowest BCUT2D eigenvalue weighted by molar-refractivity contribution is -0.155. The molecule has 356 valence electrons. The number of likely N-dealkylation sites (N-methyl/N-ethyl adjacent to an activating group) is 2. The van der Waals surface area contributed by atoms with Crippen LogP contribution in [0.5, 0.6) is 11.5 Å². The zero-order chi connectivity index (χ0) is 49.5. The topological polar surface area (TPSA) is 227 Å². The van der Waals surface area contributed by atoms with E-state index in [-0.39, 0.29) is 60.6 Å². The molecule has 4 aromatic carbocycles. The molecule has 0 spiro atoms. The standard InChI is InChI=1S/2C25H22FN5O4/c2*1-25-23(33)29-19-11-16(6-7-20(19)35-25)28-22-18(26)12-27-21(30-22)10-15-5-3-4-14(8-15)9-17(32)13-31(2)24(25)34/h2*3-8,11-12H,9-10,13H2,1-2H3,(H,29,33)(H,27,28,30)/t2*25-/m10/s1. The van der Waals surface area contributed by atoms with Crippen molar-refractivity contribution in [2.45, 2.75) is 50.7 Å². The average Bonchev–Trinajstić information content (AvgIpc) is 3.31. The van der Waals surface area contributed by atoms with Crippen molar-refractivity contribution in [3.05, 3.63) is 143 Å². The molecule has 0 saturated carbocycles. The van der Waals surface area contributed by atoms with Crippen molar-refractivity contribution in [1.82, 2.24) is 29.7 Å². The summed E-state index contributed by atoms with van der Waals surface area (Å²) in [7, 11) is 2.92. The van der Waals surface area contributed by atoms with E-state index >= 15 is 0 Å². The lowest BCUT2D eigenvalue weighted by Crippen LogP contribution is -2.59. The van der Waals surface area contributed by atoms with E-state index in [1.54, 1.807) is 36.4 Å². The summed E-state index contributed by atoms with van der Waals surface area (Å²) in [6.45, 7) is 2.36. The Labute approximate surface area is 398 Å². The molecule has 16 bridgehead atoms. The number of nitrogens with zero attached hydrogens (tertiary/aromatic N) is 6. The number of carbonyl (C=O) groups excluding carboxylic acids is 6. The number of ether oxygens (including phenoxy) is 2. The van der Waals surface area contributed by atoms with E-state index in [4.69, 9.17) is 9.47 Å². The lowest BCUT2D eigenvalue weighted by Gasteiger charge is -2.35. The summed E-state index contributed by atoms with van der Waals surface area (Å²) in [6, 6.07) is 24.2. The Morgan fingerprint density at radius 1 is 0.529 bits per heavy atom. The fourth-order valence-corrected chi connectivity index (χ4v) is 8.35. The molecule has 10 heterocycles. The van der Waals surface area contributed by atoms with Crippen LogP contribution in [-0.4, -0.2) is 103 Å². The molecule has 70 heavy (non-hydrogen) atoms. The lowest BCUT2D eigenvalue weighted by atomic mass is 10.00. The van der Waals surface area contributed by atoms with Gasteiger partial charge in [-0.1, -0.05) is 48.5 Å². The van der Waals surface area contributed by atoms with Gasteiger partial charge in [-0.2, -0.15) is 0 Å². The summed E-state index contributed by atoms with van der Waals surface area (Å²) in [5.41, 5.74) is 1.05. The number of benzene rings is 4. The van der Waals surface area contributed by atoms with Gasteiger partial charge >= 0.3 is 0 Å². The van der Waals surface area contributed by atoms with Gasteiger partial charge in [0.15, 0.2) is 34.8 Å². The Bertz CT molecular complexity index is 2960. The maximum Gasteiger partial charge on any atom is 0.278 e. The zero-order valence-electron chi connectivity index (χ0n) is 38.2. The van der Waals surface area contributed by atoms with Gasteiger partial charge in [0, 0.05) is 51.2 Å². The summed E-state index contributed by atoms with van der Waals surface area (Å²) in [4.78, 5) is 96.8. The van der Waals surface area contributed by atoms with Crippen LogP contribution >= 0.6 is 0 Å². The van der Waals surface area contributed by atoms with Crippen LogP contribution in [-0.2, 0) is 54.5 Å². The summed E-state index contributed by atoms with van der Waals surface area (Å²) in [5, 5.41) is 11.2. The predicted octanol–water partition coefficient (Wildman–Crippen LogP) is 5.25. The molecule has 2 atom stereocenters. The number of hydrogen-bond acceptors (Lipinski definition) is 14. The fraction of sp³-hybridized carbons (Fsp3) is 0.240. The molecule has 2 aromatic heterocycles. The number of amides is 4. The van der Waals surface area contributed by atoms with Crippen molar-refractivity contribution >= 4 is 69.6 Å². The molecular formula is C50H44F2N10O8. The van der Waals surface area contributed by atoms with Crippen LogP contribution < -0.4 is 30.7 Å². The Kier molecular flexibility index (Phi) is 12.2. The van der Waals surface area contributed by atoms with E-state index in [9.17, 15) is 37.5 Å². The van der Waals surface area contributed by atoms with Gasteiger partial charge in [0.05, 0.1) is 36.9 Å². The summed E-state index contributed by atoms with van der Waals surface area (Å²) >= 11 is 0. The number of anilines is 6. The zero-order valence-corrected chi connectivity index (χ0v) is 38.2. The van der Waals surface area contributed by atoms with Gasteiger partial charge in [0.2, 0.25) is 0 Å². The van der Waals surface area contributed by atoms with Gasteiger partial charge in [0.25, 0.3) is 34.8 Å². The second-order valence-corrected chi connectivity index (χ2v) is 17.6. The van der Waals surface area contributed by atoms with Gasteiger partial charge in [-0.25, -0.2) is 28.7 Å².